The highest BCUT2D eigenvalue weighted by atomic mass is 16.2. The van der Waals surface area contributed by atoms with Gasteiger partial charge in [0.15, 0.2) is 0 Å². The van der Waals surface area contributed by atoms with Gasteiger partial charge >= 0.3 is 0 Å². The number of hydrogen-bond donors (Lipinski definition) is 1. The van der Waals surface area contributed by atoms with Crippen LogP contribution in [0.5, 0.6) is 0 Å². The van der Waals surface area contributed by atoms with Crippen molar-refractivity contribution in [1.82, 2.24) is 5.32 Å². The second kappa shape index (κ2) is 7.08. The summed E-state index contributed by atoms with van der Waals surface area (Å²) in [6, 6.07) is 14.2. The maximum Gasteiger partial charge on any atom is 0.251 e. The predicted molar refractivity (Wildman–Crippen MR) is 112 cm³/mol. The van der Waals surface area contributed by atoms with Crippen LogP contribution in [0.4, 0.5) is 5.69 Å². The van der Waals surface area contributed by atoms with Gasteiger partial charge in [0.05, 0.1) is 6.04 Å². The lowest BCUT2D eigenvalue weighted by molar-refractivity contribution is -0.118. The topological polar surface area (TPSA) is 49.4 Å². The van der Waals surface area contributed by atoms with Crippen molar-refractivity contribution in [3.63, 3.8) is 0 Å². The number of rotatable bonds is 3. The molecule has 1 unspecified atom stereocenters. The van der Waals surface area contributed by atoms with E-state index < -0.39 is 0 Å². The Kier molecular flexibility index (Phi) is 4.74. The van der Waals surface area contributed by atoms with Gasteiger partial charge in [-0.25, -0.2) is 0 Å². The third-order valence-electron chi connectivity index (χ3n) is 6.27. The number of amides is 2. The van der Waals surface area contributed by atoms with E-state index in [0.717, 1.165) is 30.5 Å². The van der Waals surface area contributed by atoms with E-state index in [-0.39, 0.29) is 23.3 Å². The van der Waals surface area contributed by atoms with Gasteiger partial charge in [-0.3, -0.25) is 9.59 Å². The van der Waals surface area contributed by atoms with Crippen LogP contribution in [0.1, 0.15) is 73.1 Å². The number of benzene rings is 2. The molecule has 1 atom stereocenters. The molecule has 1 aliphatic carbocycles. The number of anilines is 1. The Labute approximate surface area is 166 Å². The molecule has 0 saturated heterocycles. The second-order valence-electron chi connectivity index (χ2n) is 8.53. The maximum absolute atomic E-state index is 13.0. The number of carbonyl (C=O) groups excluding carboxylic acids is 2. The fourth-order valence-corrected chi connectivity index (χ4v) is 4.60. The van der Waals surface area contributed by atoms with E-state index >= 15 is 0 Å². The summed E-state index contributed by atoms with van der Waals surface area (Å²) in [5, 5.41) is 3.25. The molecule has 0 aromatic heterocycles. The monoisotopic (exact) mass is 376 g/mol. The highest BCUT2D eigenvalue weighted by Gasteiger charge is 2.33. The minimum atomic E-state index is -0.0393. The van der Waals surface area contributed by atoms with Crippen LogP contribution in [-0.2, 0) is 16.6 Å². The second-order valence-corrected chi connectivity index (χ2v) is 8.53. The van der Waals surface area contributed by atoms with E-state index in [1.54, 1.807) is 0 Å². The first-order valence-corrected chi connectivity index (χ1v) is 10.2. The molecule has 146 valence electrons. The number of nitrogens with zero attached hydrogens (tertiary/aromatic N) is 1. The summed E-state index contributed by atoms with van der Waals surface area (Å²) >= 11 is 0. The fourth-order valence-electron chi connectivity index (χ4n) is 4.60. The van der Waals surface area contributed by atoms with Crippen molar-refractivity contribution < 1.29 is 9.59 Å². The number of fused-ring (bicyclic) bond motifs is 2. The Morgan fingerprint density at radius 1 is 1.18 bits per heavy atom. The van der Waals surface area contributed by atoms with E-state index in [4.69, 9.17) is 0 Å². The first kappa shape index (κ1) is 18.7. The van der Waals surface area contributed by atoms with Crippen molar-refractivity contribution in [2.24, 2.45) is 0 Å². The summed E-state index contributed by atoms with van der Waals surface area (Å²) in [5.74, 6) is 0.0972. The summed E-state index contributed by atoms with van der Waals surface area (Å²) in [7, 11) is 0. The van der Waals surface area contributed by atoms with E-state index in [1.807, 2.05) is 36.1 Å². The zero-order valence-corrected chi connectivity index (χ0v) is 16.9. The highest BCUT2D eigenvalue weighted by Crippen LogP contribution is 2.41. The fraction of sp³-hybridized carbons (Fsp3) is 0.417. The first-order valence-electron chi connectivity index (χ1n) is 10.2. The third kappa shape index (κ3) is 3.21. The molecule has 4 nitrogen and oxygen atoms in total. The Bertz CT molecular complexity index is 932. The summed E-state index contributed by atoms with van der Waals surface area (Å²) in [5.41, 5.74) is 5.41. The summed E-state index contributed by atoms with van der Waals surface area (Å²) in [6.07, 6.45) is 3.30. The normalized spacial score (nSPS) is 19.7. The zero-order chi connectivity index (χ0) is 19.9. The molecule has 28 heavy (non-hydrogen) atoms. The molecule has 4 heteroatoms. The number of hydrogen-bond acceptors (Lipinski definition) is 2. The number of carbonyl (C=O) groups is 2. The molecule has 2 aromatic rings. The van der Waals surface area contributed by atoms with E-state index in [1.165, 1.54) is 11.1 Å². The summed E-state index contributed by atoms with van der Waals surface area (Å²) < 4.78 is 0. The average molecular weight is 377 g/mol. The molecule has 0 radical (unpaired) electrons. The molecule has 0 bridgehead atoms. The Hall–Kier alpha value is -2.62. The lowest BCUT2D eigenvalue weighted by Crippen LogP contribution is -2.35. The van der Waals surface area contributed by atoms with Crippen molar-refractivity contribution in [1.29, 1.82) is 0 Å². The van der Waals surface area contributed by atoms with E-state index in [0.29, 0.717) is 18.5 Å². The predicted octanol–water partition coefficient (Wildman–Crippen LogP) is 4.53. The van der Waals surface area contributed by atoms with Crippen LogP contribution in [-0.4, -0.2) is 18.4 Å². The van der Waals surface area contributed by atoms with Crippen LogP contribution in [0.2, 0.25) is 0 Å². The van der Waals surface area contributed by atoms with Gasteiger partial charge in [0.1, 0.15) is 0 Å². The molecule has 0 fully saturated rings. The first-order chi connectivity index (χ1) is 13.4. The number of nitrogens with one attached hydrogen (secondary N) is 1. The van der Waals surface area contributed by atoms with Crippen molar-refractivity contribution in [3.8, 4) is 0 Å². The summed E-state index contributed by atoms with van der Waals surface area (Å²) in [6.45, 7) is 7.13. The average Bonchev–Trinajstić information content (AvgIpc) is 3.13. The zero-order valence-electron chi connectivity index (χ0n) is 16.9. The molecule has 1 aliphatic heterocycles. The van der Waals surface area contributed by atoms with E-state index in [2.05, 4.69) is 37.4 Å². The Morgan fingerprint density at radius 2 is 1.96 bits per heavy atom. The lowest BCUT2D eigenvalue weighted by Gasteiger charge is -2.37. The van der Waals surface area contributed by atoms with Gasteiger partial charge in [0.2, 0.25) is 5.91 Å². The van der Waals surface area contributed by atoms with Crippen LogP contribution in [0.3, 0.4) is 0 Å². The van der Waals surface area contributed by atoms with E-state index in [9.17, 15) is 9.59 Å². The van der Waals surface area contributed by atoms with Gasteiger partial charge in [0, 0.05) is 24.2 Å². The molecule has 2 aliphatic rings. The van der Waals surface area contributed by atoms with Gasteiger partial charge in [-0.15, -0.1) is 0 Å². The maximum atomic E-state index is 13.0. The van der Waals surface area contributed by atoms with Gasteiger partial charge in [-0.2, -0.15) is 0 Å². The van der Waals surface area contributed by atoms with Gasteiger partial charge in [-0.05, 0) is 59.6 Å². The largest absolute Gasteiger partial charge is 0.345 e. The molecule has 2 amide bonds. The highest BCUT2D eigenvalue weighted by molar-refractivity contribution is 5.98. The van der Waals surface area contributed by atoms with Gasteiger partial charge < -0.3 is 10.2 Å². The van der Waals surface area contributed by atoms with Gasteiger partial charge in [-0.1, -0.05) is 45.0 Å². The molecule has 4 rings (SSSR count). The van der Waals surface area contributed by atoms with Crippen LogP contribution < -0.4 is 10.2 Å². The van der Waals surface area contributed by atoms with Crippen molar-refractivity contribution >= 4 is 17.5 Å². The van der Waals surface area contributed by atoms with Crippen LogP contribution in [0.15, 0.2) is 42.5 Å². The Balaban J connectivity index is 1.55. The minimum Gasteiger partial charge on any atom is -0.345 e. The van der Waals surface area contributed by atoms with Crippen molar-refractivity contribution in [2.75, 3.05) is 11.4 Å². The van der Waals surface area contributed by atoms with Crippen LogP contribution in [0.25, 0.3) is 0 Å². The van der Waals surface area contributed by atoms with Crippen molar-refractivity contribution in [3.05, 3.63) is 64.7 Å². The lowest BCUT2D eigenvalue weighted by atomic mass is 9.71. The Morgan fingerprint density at radius 3 is 2.75 bits per heavy atom. The summed E-state index contributed by atoms with van der Waals surface area (Å²) in [4.78, 5) is 26.9. The molecule has 0 spiro atoms. The SMILES string of the molecule is CCC(=O)N1CCc2cc(C(=O)NC3CCC(C)(C)c4ccccc43)ccc21. The molecular formula is C24H28N2O2. The van der Waals surface area contributed by atoms with Crippen LogP contribution >= 0.6 is 0 Å². The standard InChI is InChI=1S/C24H28N2O2/c1-4-22(27)26-14-12-16-15-17(9-10-21(16)26)23(28)25-20-11-13-24(2,3)19-8-6-5-7-18(19)20/h5-10,15,20H,4,11-14H2,1-3H3,(H,25,28). The van der Waals surface area contributed by atoms with Crippen molar-refractivity contribution in [2.45, 2.75) is 57.9 Å². The molecule has 2 aromatic carbocycles. The quantitative estimate of drug-likeness (QED) is 0.856. The molecular weight excluding hydrogens is 348 g/mol. The van der Waals surface area contributed by atoms with Gasteiger partial charge in [0.25, 0.3) is 5.91 Å². The van der Waals surface area contributed by atoms with Crippen LogP contribution in [0, 0.1) is 0 Å². The molecule has 0 saturated carbocycles. The minimum absolute atomic E-state index is 0.0393. The molecule has 1 heterocycles. The smallest absolute Gasteiger partial charge is 0.251 e. The molecule has 1 N–H and O–H groups in total. The third-order valence-corrected chi connectivity index (χ3v) is 6.27.